The Morgan fingerprint density at radius 1 is 1.14 bits per heavy atom. The molecule has 3 amide bonds. The third-order valence-electron chi connectivity index (χ3n) is 8.40. The molecule has 1 aromatic rings. The highest BCUT2D eigenvalue weighted by atomic mass is 16.5. The molecule has 8 heteroatoms. The lowest BCUT2D eigenvalue weighted by molar-refractivity contribution is -0.141. The lowest BCUT2D eigenvalue weighted by Crippen LogP contribution is -2.56. The number of aryl methyl sites for hydroxylation is 2. The van der Waals surface area contributed by atoms with Crippen molar-refractivity contribution in [3.63, 3.8) is 0 Å². The summed E-state index contributed by atoms with van der Waals surface area (Å²) >= 11 is 0. The quantitative estimate of drug-likeness (QED) is 0.427. The average molecular weight is 496 g/mol. The van der Waals surface area contributed by atoms with E-state index in [1.165, 1.54) is 6.42 Å². The number of nitrogens with one attached hydrogen (secondary N) is 2. The number of benzene rings is 1. The van der Waals surface area contributed by atoms with Gasteiger partial charge in [0.15, 0.2) is 0 Å². The van der Waals surface area contributed by atoms with Gasteiger partial charge < -0.3 is 25.0 Å². The summed E-state index contributed by atoms with van der Waals surface area (Å²) in [5.41, 5.74) is 1.79. The van der Waals surface area contributed by atoms with E-state index in [9.17, 15) is 14.4 Å². The molecule has 0 aromatic heterocycles. The van der Waals surface area contributed by atoms with Crippen LogP contribution in [-0.4, -0.2) is 66.7 Å². The number of nitrogens with zero attached hydrogens (tertiary/aromatic N) is 1. The van der Waals surface area contributed by atoms with E-state index in [1.807, 2.05) is 44.2 Å². The van der Waals surface area contributed by atoms with E-state index in [4.69, 9.17) is 9.47 Å². The van der Waals surface area contributed by atoms with Crippen molar-refractivity contribution in [3.05, 3.63) is 41.5 Å². The third-order valence-corrected chi connectivity index (χ3v) is 8.40. The number of carbonyl (C=O) groups is 3. The van der Waals surface area contributed by atoms with Gasteiger partial charge in [0.25, 0.3) is 0 Å². The molecule has 3 fully saturated rings. The number of anilines is 1. The molecule has 36 heavy (non-hydrogen) atoms. The highest BCUT2D eigenvalue weighted by molar-refractivity contribution is 6.02. The number of hydrogen-bond donors (Lipinski definition) is 2. The molecule has 1 aliphatic carbocycles. The van der Waals surface area contributed by atoms with E-state index in [-0.39, 0.29) is 23.8 Å². The molecule has 4 aliphatic rings. The summed E-state index contributed by atoms with van der Waals surface area (Å²) in [5, 5.41) is 6.21. The van der Waals surface area contributed by atoms with Crippen LogP contribution in [0.2, 0.25) is 0 Å². The monoisotopic (exact) mass is 495 g/mol. The summed E-state index contributed by atoms with van der Waals surface area (Å²) in [5.74, 6) is -2.05. The van der Waals surface area contributed by atoms with Crippen molar-refractivity contribution in [2.75, 3.05) is 25.6 Å². The van der Waals surface area contributed by atoms with Crippen LogP contribution in [0.1, 0.15) is 49.7 Å². The lowest BCUT2D eigenvalue weighted by Gasteiger charge is -2.34. The summed E-state index contributed by atoms with van der Waals surface area (Å²) in [6.07, 6.45) is 9.07. The number of fused-ring (bicyclic) bond motifs is 1. The molecular formula is C28H37N3O5. The minimum absolute atomic E-state index is 0.115. The van der Waals surface area contributed by atoms with Crippen molar-refractivity contribution in [1.29, 1.82) is 0 Å². The first-order valence-electron chi connectivity index (χ1n) is 13.2. The highest BCUT2D eigenvalue weighted by Gasteiger charge is 2.72. The standard InChI is InChI=1S/C28H37N3O5/c1-17-10-11-20(16-18(17)2)30-25(32)22-21-12-13-28(36-21)23(22)27(34)31(14-7-15-35-3)24(28)26(33)29-19-8-5-4-6-9-19/h10-13,16,19,21-24H,4-9,14-15H2,1-3H3,(H,29,33)(H,30,32)/t21-,22+,23-,24+,28+/m1/s1. The van der Waals surface area contributed by atoms with Gasteiger partial charge in [-0.2, -0.15) is 0 Å². The molecule has 3 heterocycles. The van der Waals surface area contributed by atoms with Crippen LogP contribution in [0.5, 0.6) is 0 Å². The molecule has 1 aromatic carbocycles. The Morgan fingerprint density at radius 3 is 2.64 bits per heavy atom. The molecule has 0 radical (unpaired) electrons. The average Bonchev–Trinajstić information content (AvgIpc) is 3.50. The number of ether oxygens (including phenoxy) is 2. The Kier molecular flexibility index (Phi) is 6.92. The first-order chi connectivity index (χ1) is 17.4. The molecule has 1 spiro atoms. The second-order valence-electron chi connectivity index (χ2n) is 10.7. The van der Waals surface area contributed by atoms with E-state index >= 15 is 0 Å². The molecule has 0 unspecified atom stereocenters. The van der Waals surface area contributed by atoms with Crippen LogP contribution >= 0.6 is 0 Å². The van der Waals surface area contributed by atoms with Crippen molar-refractivity contribution in [1.82, 2.24) is 10.2 Å². The smallest absolute Gasteiger partial charge is 0.246 e. The van der Waals surface area contributed by atoms with E-state index in [2.05, 4.69) is 10.6 Å². The zero-order valence-electron chi connectivity index (χ0n) is 21.4. The van der Waals surface area contributed by atoms with E-state index in [0.29, 0.717) is 25.3 Å². The maximum atomic E-state index is 13.9. The summed E-state index contributed by atoms with van der Waals surface area (Å²) in [6, 6.07) is 5.08. The van der Waals surface area contributed by atoms with Gasteiger partial charge in [0.2, 0.25) is 17.7 Å². The number of hydrogen-bond acceptors (Lipinski definition) is 5. The second-order valence-corrected chi connectivity index (χ2v) is 10.7. The Labute approximate surface area is 212 Å². The minimum Gasteiger partial charge on any atom is -0.385 e. The third kappa shape index (κ3) is 4.24. The first kappa shape index (κ1) is 25.0. The summed E-state index contributed by atoms with van der Waals surface area (Å²) < 4.78 is 11.6. The molecular weight excluding hydrogens is 458 g/mol. The predicted octanol–water partition coefficient (Wildman–Crippen LogP) is 2.88. The van der Waals surface area contributed by atoms with E-state index in [0.717, 1.165) is 36.8 Å². The molecule has 8 nitrogen and oxygen atoms in total. The van der Waals surface area contributed by atoms with Crippen LogP contribution in [0.4, 0.5) is 5.69 Å². The number of rotatable bonds is 8. The maximum absolute atomic E-state index is 13.9. The first-order valence-corrected chi connectivity index (χ1v) is 13.2. The van der Waals surface area contributed by atoms with Gasteiger partial charge in [-0.05, 0) is 56.4 Å². The van der Waals surface area contributed by atoms with Crippen LogP contribution in [0.25, 0.3) is 0 Å². The molecule has 3 aliphatic heterocycles. The zero-order chi connectivity index (χ0) is 25.4. The Morgan fingerprint density at radius 2 is 1.92 bits per heavy atom. The van der Waals surface area contributed by atoms with Gasteiger partial charge in [0.1, 0.15) is 11.6 Å². The topological polar surface area (TPSA) is 97.0 Å². The summed E-state index contributed by atoms with van der Waals surface area (Å²) in [4.78, 5) is 42.7. The number of amides is 3. The fourth-order valence-electron chi connectivity index (χ4n) is 6.46. The van der Waals surface area contributed by atoms with Crippen molar-refractivity contribution in [2.45, 2.75) is 76.2 Å². The largest absolute Gasteiger partial charge is 0.385 e. The van der Waals surface area contributed by atoms with Crippen molar-refractivity contribution < 1.29 is 23.9 Å². The maximum Gasteiger partial charge on any atom is 0.246 e. The van der Waals surface area contributed by atoms with Crippen LogP contribution in [0, 0.1) is 25.7 Å². The molecule has 194 valence electrons. The number of carbonyl (C=O) groups excluding carboxylic acids is 3. The van der Waals surface area contributed by atoms with Crippen LogP contribution in [-0.2, 0) is 23.9 Å². The van der Waals surface area contributed by atoms with Gasteiger partial charge in [-0.3, -0.25) is 14.4 Å². The van der Waals surface area contributed by atoms with Gasteiger partial charge >= 0.3 is 0 Å². The van der Waals surface area contributed by atoms with Gasteiger partial charge in [0, 0.05) is 32.0 Å². The van der Waals surface area contributed by atoms with E-state index < -0.39 is 29.6 Å². The van der Waals surface area contributed by atoms with Crippen LogP contribution in [0.3, 0.4) is 0 Å². The van der Waals surface area contributed by atoms with E-state index in [1.54, 1.807) is 12.0 Å². The van der Waals surface area contributed by atoms with Gasteiger partial charge in [-0.1, -0.05) is 37.5 Å². The normalized spacial score (nSPS) is 31.1. The van der Waals surface area contributed by atoms with Crippen molar-refractivity contribution in [2.24, 2.45) is 11.8 Å². The SMILES string of the molecule is COCCCN1C(=O)[C@H]2[C@@H](C(=O)Nc3ccc(C)c(C)c3)[C@H]3C=C[C@@]2(O3)[C@@H]1C(=O)NC1CCCCC1. The summed E-state index contributed by atoms with van der Waals surface area (Å²) in [6.45, 7) is 4.87. The van der Waals surface area contributed by atoms with Gasteiger partial charge in [-0.25, -0.2) is 0 Å². The zero-order valence-corrected chi connectivity index (χ0v) is 21.4. The highest BCUT2D eigenvalue weighted by Crippen LogP contribution is 2.55. The van der Waals surface area contributed by atoms with Crippen LogP contribution < -0.4 is 10.6 Å². The number of likely N-dealkylation sites (tertiary alicyclic amines) is 1. The Bertz CT molecular complexity index is 1070. The van der Waals surface area contributed by atoms with Crippen molar-refractivity contribution >= 4 is 23.4 Å². The molecule has 2 bridgehead atoms. The van der Waals surface area contributed by atoms with Crippen molar-refractivity contribution in [3.8, 4) is 0 Å². The second kappa shape index (κ2) is 9.98. The Balaban J connectivity index is 1.41. The lowest BCUT2D eigenvalue weighted by atomic mass is 9.74. The molecule has 2 saturated heterocycles. The molecule has 5 atom stereocenters. The van der Waals surface area contributed by atoms with Gasteiger partial charge in [-0.15, -0.1) is 0 Å². The van der Waals surface area contributed by atoms with Gasteiger partial charge in [0.05, 0.1) is 17.9 Å². The fraction of sp³-hybridized carbons (Fsp3) is 0.607. The fourth-order valence-corrected chi connectivity index (χ4v) is 6.46. The Hall–Kier alpha value is -2.71. The molecule has 5 rings (SSSR count). The minimum atomic E-state index is -1.13. The number of methoxy groups -OCH3 is 1. The molecule has 2 N–H and O–H groups in total. The predicted molar refractivity (Wildman–Crippen MR) is 135 cm³/mol. The summed E-state index contributed by atoms with van der Waals surface area (Å²) in [7, 11) is 1.62. The molecule has 1 saturated carbocycles. The van der Waals surface area contributed by atoms with Crippen LogP contribution in [0.15, 0.2) is 30.4 Å².